The highest BCUT2D eigenvalue weighted by Crippen LogP contribution is 2.37. The number of methoxy groups -OCH3 is 2. The van der Waals surface area contributed by atoms with E-state index in [0.717, 1.165) is 19.4 Å². The highest BCUT2D eigenvalue weighted by molar-refractivity contribution is 7.89. The largest absolute Gasteiger partial charge is 0.497 e. The number of ether oxygens (including phenoxy) is 2. The number of aryl methyl sites for hydroxylation is 1. The van der Waals surface area contributed by atoms with Crippen LogP contribution in [0.5, 0.6) is 11.5 Å². The Kier molecular flexibility index (Phi) is 6.06. The molecule has 2 aromatic rings. The monoisotopic (exact) mass is 433 g/mol. The summed E-state index contributed by atoms with van der Waals surface area (Å²) in [4.78, 5) is 4.83. The number of hydrogen-bond acceptors (Lipinski definition) is 5. The van der Waals surface area contributed by atoms with E-state index < -0.39 is 10.0 Å². The van der Waals surface area contributed by atoms with Crippen LogP contribution in [0.3, 0.4) is 0 Å². The van der Waals surface area contributed by atoms with Gasteiger partial charge in [-0.3, -0.25) is 0 Å². The first-order valence-electron chi connectivity index (χ1n) is 10.7. The van der Waals surface area contributed by atoms with Gasteiger partial charge in [0.2, 0.25) is 10.0 Å². The number of sulfonamides is 1. The van der Waals surface area contributed by atoms with Gasteiger partial charge >= 0.3 is 0 Å². The lowest BCUT2D eigenvalue weighted by molar-refractivity contribution is 0.246. The molecular weight excluding hydrogens is 402 g/mol. The lowest BCUT2D eigenvalue weighted by Crippen LogP contribution is -2.39. The van der Waals surface area contributed by atoms with E-state index in [0.29, 0.717) is 36.4 Å². The summed E-state index contributed by atoms with van der Waals surface area (Å²) in [5.41, 5.74) is 1.20. The quantitative estimate of drug-likeness (QED) is 0.667. The molecule has 2 aliphatic rings. The van der Waals surface area contributed by atoms with E-state index in [4.69, 9.17) is 9.47 Å². The summed E-state index contributed by atoms with van der Waals surface area (Å²) < 4.78 is 41.0. The van der Waals surface area contributed by atoms with Crippen molar-refractivity contribution in [1.82, 2.24) is 13.9 Å². The van der Waals surface area contributed by atoms with E-state index in [1.807, 2.05) is 6.20 Å². The third kappa shape index (κ3) is 3.95. The predicted octanol–water partition coefficient (Wildman–Crippen LogP) is 3.58. The maximum Gasteiger partial charge on any atom is 0.246 e. The van der Waals surface area contributed by atoms with Crippen LogP contribution in [0.25, 0.3) is 0 Å². The number of piperidine rings is 1. The molecule has 0 amide bonds. The Morgan fingerprint density at radius 3 is 2.43 bits per heavy atom. The molecule has 1 saturated carbocycles. The zero-order valence-corrected chi connectivity index (χ0v) is 18.8. The molecule has 0 unspecified atom stereocenters. The Morgan fingerprint density at radius 1 is 1.10 bits per heavy atom. The highest BCUT2D eigenvalue weighted by Gasteiger charge is 2.33. The molecule has 1 aromatic carbocycles. The Balaban J connectivity index is 1.45. The number of nitrogens with zero attached hydrogens (tertiary/aromatic N) is 3. The maximum atomic E-state index is 13.3. The van der Waals surface area contributed by atoms with Crippen molar-refractivity contribution in [2.45, 2.75) is 56.4 Å². The minimum Gasteiger partial charge on any atom is -0.497 e. The number of aromatic nitrogens is 2. The van der Waals surface area contributed by atoms with E-state index in [1.54, 1.807) is 22.5 Å². The summed E-state index contributed by atoms with van der Waals surface area (Å²) in [5, 5.41) is 0. The third-order valence-electron chi connectivity index (χ3n) is 6.56. The predicted molar refractivity (Wildman–Crippen MR) is 115 cm³/mol. The molecule has 30 heavy (non-hydrogen) atoms. The second-order valence-electron chi connectivity index (χ2n) is 8.36. The molecule has 1 saturated heterocycles. The molecule has 2 fully saturated rings. The summed E-state index contributed by atoms with van der Waals surface area (Å²) in [6.07, 6.45) is 7.41. The van der Waals surface area contributed by atoms with E-state index in [-0.39, 0.29) is 4.90 Å². The number of imidazole rings is 1. The van der Waals surface area contributed by atoms with Gasteiger partial charge in [0, 0.05) is 43.5 Å². The Labute approximate surface area is 179 Å². The minimum atomic E-state index is -3.64. The number of benzene rings is 1. The van der Waals surface area contributed by atoms with Gasteiger partial charge in [0.05, 0.1) is 14.2 Å². The van der Waals surface area contributed by atoms with Crippen LogP contribution in [0.1, 0.15) is 49.5 Å². The van der Waals surface area contributed by atoms with Crippen LogP contribution in [0, 0.1) is 12.8 Å². The molecule has 0 bridgehead atoms. The summed E-state index contributed by atoms with van der Waals surface area (Å²) in [5.74, 6) is 3.12. The van der Waals surface area contributed by atoms with Gasteiger partial charge in [-0.15, -0.1) is 0 Å². The van der Waals surface area contributed by atoms with E-state index >= 15 is 0 Å². The highest BCUT2D eigenvalue weighted by atomic mass is 32.2. The van der Waals surface area contributed by atoms with Crippen molar-refractivity contribution in [2.24, 2.45) is 5.92 Å². The van der Waals surface area contributed by atoms with Crippen LogP contribution in [0.15, 0.2) is 29.3 Å². The Morgan fingerprint density at radius 2 is 1.83 bits per heavy atom. The summed E-state index contributed by atoms with van der Waals surface area (Å²) >= 11 is 0. The first-order valence-corrected chi connectivity index (χ1v) is 12.1. The van der Waals surface area contributed by atoms with Crippen molar-refractivity contribution >= 4 is 10.0 Å². The van der Waals surface area contributed by atoms with Crippen LogP contribution in [0.2, 0.25) is 0 Å². The molecule has 8 heteroatoms. The van der Waals surface area contributed by atoms with Gasteiger partial charge in [0.1, 0.15) is 22.2 Å². The van der Waals surface area contributed by atoms with Gasteiger partial charge in [0.15, 0.2) is 0 Å². The SMILES string of the molecule is COc1ccc(OC)c(S(=O)(=O)N2CCC(Cn3c(C)cnc3C3CCC3)CC2)c1. The molecule has 2 heterocycles. The molecule has 164 valence electrons. The van der Waals surface area contributed by atoms with Crippen LogP contribution < -0.4 is 9.47 Å². The zero-order chi connectivity index (χ0) is 21.3. The van der Waals surface area contributed by atoms with E-state index in [1.165, 1.54) is 45.0 Å². The number of hydrogen-bond donors (Lipinski definition) is 0. The zero-order valence-electron chi connectivity index (χ0n) is 18.0. The summed E-state index contributed by atoms with van der Waals surface area (Å²) in [6.45, 7) is 4.07. The molecule has 0 spiro atoms. The second-order valence-corrected chi connectivity index (χ2v) is 10.3. The summed E-state index contributed by atoms with van der Waals surface area (Å²) in [7, 11) is -0.624. The molecule has 1 aliphatic heterocycles. The topological polar surface area (TPSA) is 73.7 Å². The molecule has 0 radical (unpaired) electrons. The van der Waals surface area contributed by atoms with Gasteiger partial charge < -0.3 is 14.0 Å². The van der Waals surface area contributed by atoms with Crippen molar-refractivity contribution in [3.63, 3.8) is 0 Å². The normalized spacial score (nSPS) is 18.9. The Hall–Kier alpha value is -2.06. The molecule has 0 atom stereocenters. The fourth-order valence-electron chi connectivity index (χ4n) is 4.42. The van der Waals surface area contributed by atoms with Gasteiger partial charge in [-0.25, -0.2) is 13.4 Å². The maximum absolute atomic E-state index is 13.3. The first kappa shape index (κ1) is 21.2. The number of rotatable bonds is 7. The van der Waals surface area contributed by atoms with Gasteiger partial charge in [0.25, 0.3) is 0 Å². The average molecular weight is 434 g/mol. The molecule has 1 aromatic heterocycles. The fraction of sp³-hybridized carbons (Fsp3) is 0.591. The van der Waals surface area contributed by atoms with Gasteiger partial charge in [-0.1, -0.05) is 6.42 Å². The van der Waals surface area contributed by atoms with Crippen molar-refractivity contribution in [3.05, 3.63) is 35.9 Å². The third-order valence-corrected chi connectivity index (χ3v) is 8.48. The Bertz CT molecular complexity index is 990. The lowest BCUT2D eigenvalue weighted by atomic mass is 9.84. The van der Waals surface area contributed by atoms with Gasteiger partial charge in [-0.05, 0) is 50.7 Å². The minimum absolute atomic E-state index is 0.167. The van der Waals surface area contributed by atoms with Crippen molar-refractivity contribution < 1.29 is 17.9 Å². The molecule has 4 rings (SSSR count). The van der Waals surface area contributed by atoms with Crippen LogP contribution in [0.4, 0.5) is 0 Å². The van der Waals surface area contributed by atoms with Crippen molar-refractivity contribution in [1.29, 1.82) is 0 Å². The fourth-order valence-corrected chi connectivity index (χ4v) is 6.06. The van der Waals surface area contributed by atoms with E-state index in [2.05, 4.69) is 16.5 Å². The van der Waals surface area contributed by atoms with Crippen LogP contribution in [-0.2, 0) is 16.6 Å². The van der Waals surface area contributed by atoms with Crippen LogP contribution >= 0.6 is 0 Å². The smallest absolute Gasteiger partial charge is 0.246 e. The standard InChI is InChI=1S/C22H31N3O4S/c1-16-14-23-22(18-5-4-6-18)25(16)15-17-9-11-24(12-10-17)30(26,27)21-13-19(28-2)7-8-20(21)29-3/h7-8,13-14,17-18H,4-6,9-12,15H2,1-3H3. The van der Waals surface area contributed by atoms with E-state index in [9.17, 15) is 8.42 Å². The molecule has 1 aliphatic carbocycles. The first-order chi connectivity index (χ1) is 14.4. The average Bonchev–Trinajstić information content (AvgIpc) is 3.06. The lowest BCUT2D eigenvalue weighted by Gasteiger charge is -2.33. The van der Waals surface area contributed by atoms with Crippen molar-refractivity contribution in [3.8, 4) is 11.5 Å². The molecule has 0 N–H and O–H groups in total. The van der Waals surface area contributed by atoms with Crippen molar-refractivity contribution in [2.75, 3.05) is 27.3 Å². The van der Waals surface area contributed by atoms with Crippen LogP contribution in [-0.4, -0.2) is 49.6 Å². The molecule has 7 nitrogen and oxygen atoms in total. The molecular formula is C22H31N3O4S. The second kappa shape index (κ2) is 8.59. The van der Waals surface area contributed by atoms with Gasteiger partial charge in [-0.2, -0.15) is 4.31 Å². The summed E-state index contributed by atoms with van der Waals surface area (Å²) in [6, 6.07) is 4.89.